The Kier molecular flexibility index (Phi) is 5.12. The number of carboxylic acids is 1. The van der Waals surface area contributed by atoms with Gasteiger partial charge in [-0.05, 0) is 18.2 Å². The summed E-state index contributed by atoms with van der Waals surface area (Å²) in [6, 6.07) is 4.17. The number of ether oxygens (including phenoxy) is 2. The summed E-state index contributed by atoms with van der Waals surface area (Å²) in [5.74, 6) is -3.83. The molecule has 0 saturated heterocycles. The minimum Gasteiger partial charge on any atom is -0.493 e. The molecule has 25 heavy (non-hydrogen) atoms. The molecule has 0 radical (unpaired) electrons. The maximum Gasteiger partial charge on any atom is 0.337 e. The SMILES string of the molecule is COc1cc(NS(=O)(=O)c2ccc(F)c(F)c2)c(C(=O)O)cc1OC. The third kappa shape index (κ3) is 3.79. The van der Waals surface area contributed by atoms with Gasteiger partial charge in [0.15, 0.2) is 23.1 Å². The Hall–Kier alpha value is -2.88. The zero-order chi connectivity index (χ0) is 18.8. The van der Waals surface area contributed by atoms with E-state index in [1.165, 1.54) is 14.2 Å². The maximum atomic E-state index is 13.3. The van der Waals surface area contributed by atoms with E-state index in [0.717, 1.165) is 18.2 Å². The lowest BCUT2D eigenvalue weighted by atomic mass is 10.1. The van der Waals surface area contributed by atoms with Crippen LogP contribution >= 0.6 is 0 Å². The third-order valence-electron chi connectivity index (χ3n) is 3.20. The Morgan fingerprint density at radius 1 is 1.04 bits per heavy atom. The average molecular weight is 373 g/mol. The molecule has 0 aliphatic rings. The summed E-state index contributed by atoms with van der Waals surface area (Å²) in [7, 11) is -1.80. The van der Waals surface area contributed by atoms with Gasteiger partial charge in [0.1, 0.15) is 0 Å². The second-order valence-electron chi connectivity index (χ2n) is 4.74. The lowest BCUT2D eigenvalue weighted by Crippen LogP contribution is -2.16. The normalized spacial score (nSPS) is 11.0. The number of carboxylic acid groups (broad SMARTS) is 1. The van der Waals surface area contributed by atoms with Gasteiger partial charge < -0.3 is 14.6 Å². The van der Waals surface area contributed by atoms with Crippen molar-refractivity contribution in [2.24, 2.45) is 0 Å². The molecule has 2 N–H and O–H groups in total. The van der Waals surface area contributed by atoms with Gasteiger partial charge in [-0.2, -0.15) is 0 Å². The lowest BCUT2D eigenvalue weighted by Gasteiger charge is -2.14. The number of anilines is 1. The number of nitrogens with one attached hydrogen (secondary N) is 1. The van der Waals surface area contributed by atoms with Crippen LogP contribution in [0.25, 0.3) is 0 Å². The fraction of sp³-hybridized carbons (Fsp3) is 0.133. The molecule has 2 aromatic carbocycles. The van der Waals surface area contributed by atoms with Gasteiger partial charge in [-0.3, -0.25) is 4.72 Å². The van der Waals surface area contributed by atoms with E-state index in [4.69, 9.17) is 9.47 Å². The number of methoxy groups -OCH3 is 2. The van der Waals surface area contributed by atoms with E-state index in [-0.39, 0.29) is 17.2 Å². The molecule has 2 aromatic rings. The summed E-state index contributed by atoms with van der Waals surface area (Å²) in [6.45, 7) is 0. The van der Waals surface area contributed by atoms with E-state index >= 15 is 0 Å². The number of benzene rings is 2. The van der Waals surface area contributed by atoms with Gasteiger partial charge in [-0.25, -0.2) is 22.0 Å². The smallest absolute Gasteiger partial charge is 0.337 e. The molecule has 2 rings (SSSR count). The summed E-state index contributed by atoms with van der Waals surface area (Å²) in [4.78, 5) is 10.8. The van der Waals surface area contributed by atoms with Crippen LogP contribution in [0.1, 0.15) is 10.4 Å². The highest BCUT2D eigenvalue weighted by molar-refractivity contribution is 7.92. The van der Waals surface area contributed by atoms with E-state index in [1.807, 2.05) is 4.72 Å². The number of halogens is 2. The fourth-order valence-corrected chi connectivity index (χ4v) is 3.07. The molecule has 134 valence electrons. The van der Waals surface area contributed by atoms with Crippen LogP contribution in [-0.4, -0.2) is 33.7 Å². The Balaban J connectivity index is 2.54. The third-order valence-corrected chi connectivity index (χ3v) is 4.56. The molecular formula is C15H13F2NO6S. The van der Waals surface area contributed by atoms with Crippen LogP contribution in [0.2, 0.25) is 0 Å². The molecule has 0 bridgehead atoms. The minimum absolute atomic E-state index is 0.0792. The van der Waals surface area contributed by atoms with Gasteiger partial charge in [0.05, 0.1) is 30.4 Å². The molecule has 10 heteroatoms. The van der Waals surface area contributed by atoms with Crippen LogP contribution in [0.15, 0.2) is 35.2 Å². The molecule has 0 amide bonds. The van der Waals surface area contributed by atoms with E-state index in [2.05, 4.69) is 0 Å². The maximum absolute atomic E-state index is 13.3. The van der Waals surface area contributed by atoms with Gasteiger partial charge >= 0.3 is 5.97 Å². The largest absolute Gasteiger partial charge is 0.493 e. The summed E-state index contributed by atoms with van der Waals surface area (Å²) >= 11 is 0. The van der Waals surface area contributed by atoms with E-state index in [9.17, 15) is 27.1 Å². The molecular weight excluding hydrogens is 360 g/mol. The van der Waals surface area contributed by atoms with Crippen molar-refractivity contribution in [2.45, 2.75) is 4.90 Å². The van der Waals surface area contributed by atoms with Crippen molar-refractivity contribution in [1.82, 2.24) is 0 Å². The van der Waals surface area contributed by atoms with E-state index in [0.29, 0.717) is 12.1 Å². The van der Waals surface area contributed by atoms with Gasteiger partial charge in [0.2, 0.25) is 0 Å². The first-order valence-corrected chi connectivity index (χ1v) is 8.15. The van der Waals surface area contributed by atoms with Gasteiger partial charge in [0.25, 0.3) is 10.0 Å². The molecule has 0 heterocycles. The van der Waals surface area contributed by atoms with Gasteiger partial charge in [0, 0.05) is 12.1 Å². The van der Waals surface area contributed by atoms with E-state index in [1.54, 1.807) is 0 Å². The number of sulfonamides is 1. The number of hydrogen-bond acceptors (Lipinski definition) is 5. The van der Waals surface area contributed by atoms with E-state index < -0.39 is 38.1 Å². The molecule has 0 aliphatic carbocycles. The second kappa shape index (κ2) is 6.93. The van der Waals surface area contributed by atoms with Crippen LogP contribution < -0.4 is 14.2 Å². The van der Waals surface area contributed by atoms with Gasteiger partial charge in [-0.15, -0.1) is 0 Å². The molecule has 0 atom stereocenters. The summed E-state index contributed by atoms with van der Waals surface area (Å²) in [5.41, 5.74) is -0.737. The average Bonchev–Trinajstić information content (AvgIpc) is 2.56. The zero-order valence-electron chi connectivity index (χ0n) is 13.0. The minimum atomic E-state index is -4.37. The fourth-order valence-electron chi connectivity index (χ4n) is 1.99. The first kappa shape index (κ1) is 18.5. The number of carbonyl (C=O) groups is 1. The predicted octanol–water partition coefficient (Wildman–Crippen LogP) is 2.48. The molecule has 0 saturated carbocycles. The summed E-state index contributed by atoms with van der Waals surface area (Å²) in [6.07, 6.45) is 0. The quantitative estimate of drug-likeness (QED) is 0.807. The molecule has 0 aromatic heterocycles. The van der Waals surface area contributed by atoms with Crippen molar-refractivity contribution < 1.29 is 36.6 Å². The van der Waals surface area contributed by atoms with Crippen molar-refractivity contribution in [1.29, 1.82) is 0 Å². The first-order valence-electron chi connectivity index (χ1n) is 6.66. The Morgan fingerprint density at radius 3 is 2.16 bits per heavy atom. The highest BCUT2D eigenvalue weighted by Gasteiger charge is 2.22. The second-order valence-corrected chi connectivity index (χ2v) is 6.42. The van der Waals surface area contributed by atoms with Crippen molar-refractivity contribution in [3.05, 3.63) is 47.5 Å². The Morgan fingerprint density at radius 2 is 1.64 bits per heavy atom. The van der Waals surface area contributed by atoms with Crippen LogP contribution in [0.4, 0.5) is 14.5 Å². The predicted molar refractivity (Wildman–Crippen MR) is 83.7 cm³/mol. The van der Waals surface area contributed by atoms with Crippen LogP contribution in [0.5, 0.6) is 11.5 Å². The van der Waals surface area contributed by atoms with Crippen LogP contribution in [0.3, 0.4) is 0 Å². The zero-order valence-corrected chi connectivity index (χ0v) is 13.9. The Labute approximate surface area is 141 Å². The topological polar surface area (TPSA) is 102 Å². The van der Waals surface area contributed by atoms with Crippen molar-refractivity contribution in [3.63, 3.8) is 0 Å². The standard InChI is InChI=1S/C15H13F2NO6S/c1-23-13-6-9(15(19)20)12(7-14(13)24-2)18-25(21,22)8-3-4-10(16)11(17)5-8/h3-7,18H,1-2H3,(H,19,20). The first-order chi connectivity index (χ1) is 11.7. The number of hydrogen-bond donors (Lipinski definition) is 2. The van der Waals surface area contributed by atoms with Crippen LogP contribution in [0, 0.1) is 11.6 Å². The molecule has 0 aliphatic heterocycles. The van der Waals surface area contributed by atoms with Crippen molar-refractivity contribution >= 4 is 21.7 Å². The van der Waals surface area contributed by atoms with Crippen LogP contribution in [-0.2, 0) is 10.0 Å². The van der Waals surface area contributed by atoms with Gasteiger partial charge in [-0.1, -0.05) is 0 Å². The monoisotopic (exact) mass is 373 g/mol. The molecule has 0 unspecified atom stereocenters. The highest BCUT2D eigenvalue weighted by atomic mass is 32.2. The summed E-state index contributed by atoms with van der Waals surface area (Å²) in [5, 5.41) is 9.26. The molecule has 0 fully saturated rings. The van der Waals surface area contributed by atoms with Crippen molar-refractivity contribution in [2.75, 3.05) is 18.9 Å². The molecule has 0 spiro atoms. The molecule has 7 nitrogen and oxygen atoms in total. The Bertz CT molecular complexity index is 930. The summed E-state index contributed by atoms with van der Waals surface area (Å²) < 4.78 is 62.9. The van der Waals surface area contributed by atoms with Crippen molar-refractivity contribution in [3.8, 4) is 11.5 Å². The lowest BCUT2D eigenvalue weighted by molar-refractivity contribution is 0.0697. The number of aromatic carboxylic acids is 1. The number of rotatable bonds is 6. The highest BCUT2D eigenvalue weighted by Crippen LogP contribution is 2.34.